The van der Waals surface area contributed by atoms with Crippen LogP contribution in [0.15, 0.2) is 0 Å². The first-order valence-corrected chi connectivity index (χ1v) is 8.92. The summed E-state index contributed by atoms with van der Waals surface area (Å²) in [5.74, 6) is 0.922. The molecule has 0 radical (unpaired) electrons. The fourth-order valence-electron chi connectivity index (χ4n) is 2.33. The number of rotatable bonds is 9. The van der Waals surface area contributed by atoms with Crippen molar-refractivity contribution in [1.29, 1.82) is 0 Å². The average Bonchev–Trinajstić information content (AvgIpc) is 3.15. The Morgan fingerprint density at radius 2 is 2.10 bits per heavy atom. The normalized spacial score (nSPS) is 15.1. The van der Waals surface area contributed by atoms with Gasteiger partial charge in [-0.2, -0.15) is 0 Å². The van der Waals surface area contributed by atoms with Crippen molar-refractivity contribution in [3.63, 3.8) is 0 Å². The summed E-state index contributed by atoms with van der Waals surface area (Å²) < 4.78 is 0. The highest BCUT2D eigenvalue weighted by molar-refractivity contribution is 7.15. The van der Waals surface area contributed by atoms with Crippen molar-refractivity contribution in [2.45, 2.75) is 66.0 Å². The van der Waals surface area contributed by atoms with Crippen molar-refractivity contribution in [3.8, 4) is 0 Å². The fourth-order valence-corrected chi connectivity index (χ4v) is 3.46. The molecule has 2 rings (SSSR count). The Morgan fingerprint density at radius 3 is 2.65 bits per heavy atom. The van der Waals surface area contributed by atoms with Crippen LogP contribution in [-0.4, -0.2) is 24.1 Å². The highest BCUT2D eigenvalue weighted by Crippen LogP contribution is 2.33. The van der Waals surface area contributed by atoms with Gasteiger partial charge in [0.15, 0.2) is 5.13 Å². The van der Waals surface area contributed by atoms with Gasteiger partial charge in [-0.1, -0.05) is 27.2 Å². The van der Waals surface area contributed by atoms with Crippen LogP contribution in [0.4, 0.5) is 5.13 Å². The van der Waals surface area contributed by atoms with E-state index >= 15 is 0 Å². The molecule has 0 spiro atoms. The summed E-state index contributed by atoms with van der Waals surface area (Å²) in [6.07, 6.45) is 5.09. The standard InChI is InChI=1S/C16H29N3S/c1-5-7-14-15(10-17-12(3)4)20-16(18-14)19(6-2)11-13-8-9-13/h12-13,17H,5-11H2,1-4H3. The summed E-state index contributed by atoms with van der Waals surface area (Å²) in [5, 5.41) is 4.78. The number of nitrogens with zero attached hydrogens (tertiary/aromatic N) is 2. The molecule has 0 atom stereocenters. The molecule has 1 aromatic rings. The first kappa shape index (κ1) is 15.8. The van der Waals surface area contributed by atoms with Crippen molar-refractivity contribution < 1.29 is 0 Å². The van der Waals surface area contributed by atoms with Crippen LogP contribution in [-0.2, 0) is 13.0 Å². The molecule has 0 saturated heterocycles. The maximum Gasteiger partial charge on any atom is 0.185 e. The molecular formula is C16H29N3S. The van der Waals surface area contributed by atoms with Crippen molar-refractivity contribution in [2.75, 3.05) is 18.0 Å². The Bertz CT molecular complexity index is 410. The predicted molar refractivity (Wildman–Crippen MR) is 88.7 cm³/mol. The van der Waals surface area contributed by atoms with E-state index in [1.54, 1.807) is 0 Å². The molecule has 20 heavy (non-hydrogen) atoms. The van der Waals surface area contributed by atoms with Crippen molar-refractivity contribution in [3.05, 3.63) is 10.6 Å². The topological polar surface area (TPSA) is 28.2 Å². The zero-order valence-corrected chi connectivity index (χ0v) is 14.2. The zero-order valence-electron chi connectivity index (χ0n) is 13.4. The highest BCUT2D eigenvalue weighted by atomic mass is 32.1. The molecule has 114 valence electrons. The van der Waals surface area contributed by atoms with E-state index in [-0.39, 0.29) is 0 Å². The molecule has 1 aliphatic carbocycles. The molecular weight excluding hydrogens is 266 g/mol. The molecule has 1 aromatic heterocycles. The number of hydrogen-bond donors (Lipinski definition) is 1. The minimum absolute atomic E-state index is 0.531. The van der Waals surface area contributed by atoms with Crippen LogP contribution in [0, 0.1) is 5.92 Å². The van der Waals surface area contributed by atoms with E-state index in [9.17, 15) is 0 Å². The third kappa shape index (κ3) is 4.45. The minimum Gasteiger partial charge on any atom is -0.348 e. The quantitative estimate of drug-likeness (QED) is 0.750. The molecule has 0 unspecified atom stereocenters. The molecule has 1 fully saturated rings. The summed E-state index contributed by atoms with van der Waals surface area (Å²) in [6, 6.07) is 0.531. The smallest absolute Gasteiger partial charge is 0.185 e. The van der Waals surface area contributed by atoms with E-state index in [0.717, 1.165) is 25.4 Å². The van der Waals surface area contributed by atoms with E-state index in [0.29, 0.717) is 6.04 Å². The van der Waals surface area contributed by atoms with Crippen molar-refractivity contribution >= 4 is 16.5 Å². The van der Waals surface area contributed by atoms with Gasteiger partial charge in [0.2, 0.25) is 0 Å². The third-order valence-corrected chi connectivity index (χ3v) is 4.91. The Kier molecular flexibility index (Phi) is 5.85. The number of hydrogen-bond acceptors (Lipinski definition) is 4. The van der Waals surface area contributed by atoms with Crippen LogP contribution < -0.4 is 10.2 Å². The molecule has 4 heteroatoms. The molecule has 0 amide bonds. The molecule has 0 aromatic carbocycles. The molecule has 3 nitrogen and oxygen atoms in total. The molecule has 1 heterocycles. The summed E-state index contributed by atoms with van der Waals surface area (Å²) >= 11 is 1.90. The Balaban J connectivity index is 2.08. The van der Waals surface area contributed by atoms with Crippen LogP contribution in [0.2, 0.25) is 0 Å². The number of thiazole rings is 1. The SMILES string of the molecule is CCCc1nc(N(CC)CC2CC2)sc1CNC(C)C. The van der Waals surface area contributed by atoms with Crippen LogP contribution in [0.5, 0.6) is 0 Å². The van der Waals surface area contributed by atoms with E-state index in [1.165, 1.54) is 41.5 Å². The average molecular weight is 295 g/mol. The van der Waals surface area contributed by atoms with Crippen LogP contribution in [0.1, 0.15) is 57.5 Å². The lowest BCUT2D eigenvalue weighted by atomic mass is 10.2. The van der Waals surface area contributed by atoms with Crippen LogP contribution in [0.3, 0.4) is 0 Å². The van der Waals surface area contributed by atoms with Gasteiger partial charge in [0, 0.05) is 30.6 Å². The van der Waals surface area contributed by atoms with E-state index < -0.39 is 0 Å². The first-order valence-electron chi connectivity index (χ1n) is 8.10. The maximum absolute atomic E-state index is 4.93. The molecule has 1 N–H and O–H groups in total. The summed E-state index contributed by atoms with van der Waals surface area (Å²) in [7, 11) is 0. The molecule has 1 aliphatic rings. The second kappa shape index (κ2) is 7.41. The largest absolute Gasteiger partial charge is 0.348 e. The van der Waals surface area contributed by atoms with Gasteiger partial charge in [-0.25, -0.2) is 4.98 Å². The monoisotopic (exact) mass is 295 g/mol. The van der Waals surface area contributed by atoms with Gasteiger partial charge >= 0.3 is 0 Å². The van der Waals surface area contributed by atoms with Gasteiger partial charge in [-0.05, 0) is 32.1 Å². The first-order chi connectivity index (χ1) is 9.63. The lowest BCUT2D eigenvalue weighted by molar-refractivity contribution is 0.589. The van der Waals surface area contributed by atoms with Crippen LogP contribution in [0.25, 0.3) is 0 Å². The summed E-state index contributed by atoms with van der Waals surface area (Å²) in [6.45, 7) is 12.1. The summed E-state index contributed by atoms with van der Waals surface area (Å²) in [5.41, 5.74) is 1.31. The second-order valence-electron chi connectivity index (χ2n) is 6.13. The van der Waals surface area contributed by atoms with Gasteiger partial charge in [-0.3, -0.25) is 0 Å². The van der Waals surface area contributed by atoms with E-state index in [1.807, 2.05) is 11.3 Å². The van der Waals surface area contributed by atoms with E-state index in [4.69, 9.17) is 4.98 Å². The lowest BCUT2D eigenvalue weighted by Gasteiger charge is -2.19. The Hall–Kier alpha value is -0.610. The highest BCUT2D eigenvalue weighted by Gasteiger charge is 2.25. The Morgan fingerprint density at radius 1 is 1.35 bits per heavy atom. The second-order valence-corrected chi connectivity index (χ2v) is 7.20. The number of aryl methyl sites for hydroxylation is 1. The minimum atomic E-state index is 0.531. The maximum atomic E-state index is 4.93. The predicted octanol–water partition coefficient (Wildman–Crippen LogP) is 3.83. The molecule has 0 bridgehead atoms. The zero-order chi connectivity index (χ0) is 14.5. The summed E-state index contributed by atoms with van der Waals surface area (Å²) in [4.78, 5) is 8.84. The number of anilines is 1. The van der Waals surface area contributed by atoms with E-state index in [2.05, 4.69) is 37.9 Å². The number of nitrogens with one attached hydrogen (secondary N) is 1. The van der Waals surface area contributed by atoms with Crippen molar-refractivity contribution in [1.82, 2.24) is 10.3 Å². The Labute approximate surface area is 127 Å². The van der Waals surface area contributed by atoms with Crippen molar-refractivity contribution in [2.24, 2.45) is 5.92 Å². The molecule has 1 saturated carbocycles. The van der Waals surface area contributed by atoms with Gasteiger partial charge in [-0.15, -0.1) is 11.3 Å². The van der Waals surface area contributed by atoms with Gasteiger partial charge in [0.1, 0.15) is 0 Å². The fraction of sp³-hybridized carbons (Fsp3) is 0.812. The van der Waals surface area contributed by atoms with Gasteiger partial charge in [0.05, 0.1) is 5.69 Å². The lowest BCUT2D eigenvalue weighted by Crippen LogP contribution is -2.25. The van der Waals surface area contributed by atoms with Gasteiger partial charge in [0.25, 0.3) is 0 Å². The third-order valence-electron chi connectivity index (χ3n) is 3.75. The van der Waals surface area contributed by atoms with Gasteiger partial charge < -0.3 is 10.2 Å². The van der Waals surface area contributed by atoms with Crippen LogP contribution >= 0.6 is 11.3 Å². The molecule has 0 aliphatic heterocycles. The number of aromatic nitrogens is 1.